The maximum Gasteiger partial charge on any atom is 0.416 e. The molecular weight excluding hydrogens is 521 g/mol. The fourth-order valence-electron chi connectivity index (χ4n) is 7.02. The van der Waals surface area contributed by atoms with Crippen molar-refractivity contribution < 1.29 is 17.9 Å². The quantitative estimate of drug-likeness (QED) is 0.562. The number of aliphatic imine (C=N–C) groups is 1. The third-order valence-corrected chi connectivity index (χ3v) is 9.24. The zero-order valence-corrected chi connectivity index (χ0v) is 23.6. The van der Waals surface area contributed by atoms with E-state index in [0.29, 0.717) is 0 Å². The predicted octanol–water partition coefficient (Wildman–Crippen LogP) is 4.37. The van der Waals surface area contributed by atoms with Crippen LogP contribution in [0, 0.1) is 0 Å². The number of hydrogen-bond donors (Lipinski definition) is 1. The molecule has 0 radical (unpaired) electrons. The van der Waals surface area contributed by atoms with Gasteiger partial charge >= 0.3 is 6.18 Å². The molecule has 1 aromatic carbocycles. The van der Waals surface area contributed by atoms with E-state index in [0.717, 1.165) is 62.9 Å². The van der Waals surface area contributed by atoms with Crippen molar-refractivity contribution >= 4 is 11.8 Å². The lowest BCUT2D eigenvalue weighted by Crippen LogP contribution is -2.65. The molecule has 0 saturated carbocycles. The summed E-state index contributed by atoms with van der Waals surface area (Å²) in [4.78, 5) is 12.5. The molecule has 5 heterocycles. The average molecular weight is 561 g/mol. The van der Waals surface area contributed by atoms with Gasteiger partial charge in [0.15, 0.2) is 0 Å². The van der Waals surface area contributed by atoms with Crippen LogP contribution in [0.4, 0.5) is 19.1 Å². The average Bonchev–Trinajstić information content (AvgIpc) is 3.68. The van der Waals surface area contributed by atoms with Crippen molar-refractivity contribution in [1.82, 2.24) is 29.5 Å². The van der Waals surface area contributed by atoms with E-state index < -0.39 is 11.7 Å². The molecule has 0 bridgehead atoms. The number of alkyl halides is 3. The summed E-state index contributed by atoms with van der Waals surface area (Å²) in [6.45, 7) is 11.8. The Bertz CT molecular complexity index is 1210. The van der Waals surface area contributed by atoms with Gasteiger partial charge in [-0.25, -0.2) is 0 Å². The van der Waals surface area contributed by atoms with E-state index in [-0.39, 0.29) is 42.6 Å². The normalized spacial score (nSPS) is 32.0. The Balaban J connectivity index is 1.22. The lowest BCUT2D eigenvalue weighted by atomic mass is 9.96. The third-order valence-electron chi connectivity index (χ3n) is 9.24. The molecule has 40 heavy (non-hydrogen) atoms. The Hall–Kier alpha value is -2.70. The van der Waals surface area contributed by atoms with Crippen molar-refractivity contribution in [3.63, 3.8) is 0 Å². The van der Waals surface area contributed by atoms with E-state index in [2.05, 4.69) is 62.5 Å². The number of hydrogen-bond acceptors (Lipinski definition) is 8. The topological polar surface area (TPSA) is 74.0 Å². The number of rotatable bonds is 6. The zero-order chi connectivity index (χ0) is 28.2. The van der Waals surface area contributed by atoms with Crippen LogP contribution in [-0.4, -0.2) is 91.9 Å². The monoisotopic (exact) mass is 560 g/mol. The summed E-state index contributed by atoms with van der Waals surface area (Å²) in [5, 5.41) is 12.3. The minimum Gasteiger partial charge on any atom is -0.376 e. The van der Waals surface area contributed by atoms with Crippen LogP contribution >= 0.6 is 0 Å². The molecule has 0 spiro atoms. The number of ether oxygens (including phenoxy) is 1. The highest BCUT2D eigenvalue weighted by atomic mass is 19.4. The molecule has 7 atom stereocenters. The minimum atomic E-state index is -4.33. The number of aromatic nitrogens is 3. The van der Waals surface area contributed by atoms with Crippen LogP contribution in [0.1, 0.15) is 70.3 Å². The first-order valence-electron chi connectivity index (χ1n) is 14.4. The van der Waals surface area contributed by atoms with E-state index in [1.807, 2.05) is 0 Å². The van der Waals surface area contributed by atoms with E-state index in [1.165, 1.54) is 12.1 Å². The van der Waals surface area contributed by atoms with Gasteiger partial charge in [-0.05, 0) is 57.7 Å². The van der Waals surface area contributed by atoms with Crippen molar-refractivity contribution in [3.8, 4) is 0 Å². The Morgan fingerprint density at radius 3 is 2.62 bits per heavy atom. The van der Waals surface area contributed by atoms with Gasteiger partial charge in [-0.2, -0.15) is 13.2 Å². The molecule has 0 aliphatic carbocycles. The van der Waals surface area contributed by atoms with E-state index in [4.69, 9.17) is 9.73 Å². The summed E-state index contributed by atoms with van der Waals surface area (Å²) < 4.78 is 47.5. The molecule has 1 N–H and O–H groups in total. The van der Waals surface area contributed by atoms with Gasteiger partial charge in [-0.3, -0.25) is 19.4 Å². The van der Waals surface area contributed by atoms with Crippen LogP contribution in [0.5, 0.6) is 0 Å². The molecule has 0 amide bonds. The van der Waals surface area contributed by atoms with Gasteiger partial charge in [0.2, 0.25) is 5.95 Å². The third kappa shape index (κ3) is 4.87. The second-order valence-electron chi connectivity index (χ2n) is 11.6. The molecular formula is C28H39F3N8O. The van der Waals surface area contributed by atoms with Crippen LogP contribution in [0.2, 0.25) is 0 Å². The van der Waals surface area contributed by atoms with Crippen LogP contribution in [0.25, 0.3) is 0 Å². The first kappa shape index (κ1) is 27.5. The summed E-state index contributed by atoms with van der Waals surface area (Å²) in [6, 6.07) is 6.02. The Morgan fingerprint density at radius 1 is 1.18 bits per heavy atom. The molecule has 6 rings (SSSR count). The fourth-order valence-corrected chi connectivity index (χ4v) is 7.02. The summed E-state index contributed by atoms with van der Waals surface area (Å²) >= 11 is 0. The Kier molecular flexibility index (Phi) is 7.28. The number of benzene rings is 1. The number of nitrogens with one attached hydrogen (secondary N) is 1. The highest BCUT2D eigenvalue weighted by Gasteiger charge is 2.50. The highest BCUT2D eigenvalue weighted by molar-refractivity contribution is 5.82. The summed E-state index contributed by atoms with van der Waals surface area (Å²) in [5.74, 6) is 1.75. The molecule has 1 aromatic heterocycles. The van der Waals surface area contributed by atoms with Gasteiger partial charge in [-0.1, -0.05) is 19.1 Å². The van der Waals surface area contributed by atoms with Crippen molar-refractivity contribution in [1.29, 1.82) is 0 Å². The summed E-state index contributed by atoms with van der Waals surface area (Å²) in [7, 11) is 0. The van der Waals surface area contributed by atoms with E-state index in [9.17, 15) is 13.2 Å². The first-order chi connectivity index (χ1) is 19.2. The van der Waals surface area contributed by atoms with Gasteiger partial charge in [0.1, 0.15) is 24.7 Å². The van der Waals surface area contributed by atoms with Crippen molar-refractivity contribution in [3.05, 3.63) is 41.7 Å². The molecule has 4 aliphatic rings. The number of piperazine rings is 1. The lowest BCUT2D eigenvalue weighted by Gasteiger charge is -2.52. The molecule has 2 aromatic rings. The Morgan fingerprint density at radius 2 is 1.95 bits per heavy atom. The SMILES string of the molecule is CC[C@@H]1CN(C2Nc3nncn3C3C2N=C(C)N3C[C@@H]2CCCO2)[C@@H](C)CN1[C@H](C)c1ccc(C(F)(F)F)cc1. The molecule has 12 heteroatoms. The zero-order valence-electron chi connectivity index (χ0n) is 23.6. The number of anilines is 1. The number of nitrogens with zero attached hydrogens (tertiary/aromatic N) is 7. The van der Waals surface area contributed by atoms with Gasteiger partial charge in [0.05, 0.1) is 17.5 Å². The van der Waals surface area contributed by atoms with Gasteiger partial charge < -0.3 is 15.0 Å². The van der Waals surface area contributed by atoms with E-state index >= 15 is 0 Å². The van der Waals surface area contributed by atoms with E-state index in [1.54, 1.807) is 18.5 Å². The smallest absolute Gasteiger partial charge is 0.376 e. The molecule has 2 saturated heterocycles. The maximum atomic E-state index is 13.1. The minimum absolute atomic E-state index is 0.000597. The van der Waals surface area contributed by atoms with Gasteiger partial charge in [-0.15, -0.1) is 10.2 Å². The van der Waals surface area contributed by atoms with Gasteiger partial charge in [0.25, 0.3) is 0 Å². The summed E-state index contributed by atoms with van der Waals surface area (Å²) in [5.41, 5.74) is 0.289. The predicted molar refractivity (Wildman–Crippen MR) is 146 cm³/mol. The lowest BCUT2D eigenvalue weighted by molar-refractivity contribution is -0.137. The highest BCUT2D eigenvalue weighted by Crippen LogP contribution is 2.40. The van der Waals surface area contributed by atoms with Crippen LogP contribution in [0.15, 0.2) is 35.6 Å². The second kappa shape index (κ2) is 10.6. The molecule has 218 valence electrons. The molecule has 2 fully saturated rings. The molecule has 3 unspecified atom stereocenters. The fraction of sp³-hybridized carbons (Fsp3) is 0.679. The first-order valence-corrected chi connectivity index (χ1v) is 14.4. The molecule has 9 nitrogen and oxygen atoms in total. The van der Waals surface area contributed by atoms with Crippen molar-refractivity contribution in [2.24, 2.45) is 4.99 Å². The second-order valence-corrected chi connectivity index (χ2v) is 11.6. The van der Waals surface area contributed by atoms with Crippen LogP contribution < -0.4 is 5.32 Å². The van der Waals surface area contributed by atoms with Crippen molar-refractivity contribution in [2.45, 2.75) is 95.7 Å². The standard InChI is InChI=1S/C28H39F3N8O/c1-5-22-14-36(17(2)13-37(22)18(3)20-8-10-21(11-9-20)28(29,30)31)25-24-26(39-16-32-35-27(39)34-25)38(19(4)33-24)15-23-7-6-12-40-23/h8-11,16-18,22-26H,5-7,12-15H2,1-4H3,(H,34,35)/t17-,18+,22+,23-,24?,25?,26?/m0/s1. The van der Waals surface area contributed by atoms with Crippen molar-refractivity contribution in [2.75, 3.05) is 31.6 Å². The van der Waals surface area contributed by atoms with Gasteiger partial charge in [0, 0.05) is 44.4 Å². The summed E-state index contributed by atoms with van der Waals surface area (Å²) in [6.07, 6.45) is 0.672. The number of amidine groups is 1. The molecule has 4 aliphatic heterocycles. The number of fused-ring (bicyclic) bond motifs is 3. The number of halogens is 3. The Labute approximate surface area is 233 Å². The van der Waals surface area contributed by atoms with Crippen LogP contribution in [-0.2, 0) is 10.9 Å². The van der Waals surface area contributed by atoms with Crippen LogP contribution in [0.3, 0.4) is 0 Å². The largest absolute Gasteiger partial charge is 0.416 e. The maximum absolute atomic E-state index is 13.1.